The number of halogens is 2. The van der Waals surface area contributed by atoms with Crippen molar-refractivity contribution in [1.82, 2.24) is 4.72 Å². The Morgan fingerprint density at radius 2 is 1.76 bits per heavy atom. The van der Waals surface area contributed by atoms with Crippen LogP contribution in [-0.4, -0.2) is 25.7 Å². The molecule has 118 valence electrons. The lowest BCUT2D eigenvalue weighted by Crippen LogP contribution is -2.53. The standard InChI is InChI=1S/C14H19F2NO3S/c1-10-2-4-14(9-18,5-3-10)17-21(19,20)13-7-11(15)6-12(16)8-13/h6-8,10,17-18H,2-5,9H2,1H3. The zero-order valence-electron chi connectivity index (χ0n) is 11.8. The van der Waals surface area contributed by atoms with E-state index in [1.165, 1.54) is 0 Å². The van der Waals surface area contributed by atoms with Crippen LogP contribution in [0.3, 0.4) is 0 Å². The number of hydrogen-bond acceptors (Lipinski definition) is 3. The highest BCUT2D eigenvalue weighted by molar-refractivity contribution is 7.89. The van der Waals surface area contributed by atoms with Gasteiger partial charge in [-0.3, -0.25) is 0 Å². The normalized spacial score (nSPS) is 26.8. The number of hydrogen-bond donors (Lipinski definition) is 2. The molecule has 2 rings (SSSR count). The third-order valence-electron chi connectivity index (χ3n) is 4.03. The zero-order chi connectivity index (χ0) is 15.7. The van der Waals surface area contributed by atoms with Crippen LogP contribution in [0.25, 0.3) is 0 Å². The van der Waals surface area contributed by atoms with Gasteiger partial charge >= 0.3 is 0 Å². The second-order valence-electron chi connectivity index (χ2n) is 5.83. The van der Waals surface area contributed by atoms with Gasteiger partial charge in [-0.05, 0) is 43.7 Å². The van der Waals surface area contributed by atoms with Crippen LogP contribution < -0.4 is 4.72 Å². The number of sulfonamides is 1. The molecule has 1 saturated carbocycles. The van der Waals surface area contributed by atoms with Crippen molar-refractivity contribution in [3.63, 3.8) is 0 Å². The monoisotopic (exact) mass is 319 g/mol. The summed E-state index contributed by atoms with van der Waals surface area (Å²) in [5.74, 6) is -1.43. The van der Waals surface area contributed by atoms with E-state index >= 15 is 0 Å². The maximum Gasteiger partial charge on any atom is 0.241 e. The van der Waals surface area contributed by atoms with Crippen molar-refractivity contribution in [2.75, 3.05) is 6.61 Å². The molecule has 21 heavy (non-hydrogen) atoms. The molecule has 1 aliphatic rings. The van der Waals surface area contributed by atoms with E-state index in [0.717, 1.165) is 25.0 Å². The van der Waals surface area contributed by atoms with Crippen LogP contribution in [0.15, 0.2) is 23.1 Å². The molecule has 0 atom stereocenters. The highest BCUT2D eigenvalue weighted by Crippen LogP contribution is 2.33. The van der Waals surface area contributed by atoms with Crippen molar-refractivity contribution < 1.29 is 22.3 Å². The van der Waals surface area contributed by atoms with Gasteiger partial charge in [-0.2, -0.15) is 0 Å². The molecule has 0 bridgehead atoms. The van der Waals surface area contributed by atoms with E-state index in [-0.39, 0.29) is 6.61 Å². The Balaban J connectivity index is 2.27. The summed E-state index contributed by atoms with van der Waals surface area (Å²) >= 11 is 0. The van der Waals surface area contributed by atoms with E-state index in [4.69, 9.17) is 0 Å². The molecule has 1 aromatic carbocycles. The van der Waals surface area contributed by atoms with Crippen LogP contribution in [0.5, 0.6) is 0 Å². The molecule has 1 fully saturated rings. The minimum atomic E-state index is -4.08. The summed E-state index contributed by atoms with van der Waals surface area (Å²) in [6, 6.07) is 2.15. The summed E-state index contributed by atoms with van der Waals surface area (Å²) in [6.45, 7) is 1.73. The molecule has 7 heteroatoms. The summed E-state index contributed by atoms with van der Waals surface area (Å²) in [7, 11) is -4.08. The van der Waals surface area contributed by atoms with Gasteiger partial charge in [-0.1, -0.05) is 6.92 Å². The van der Waals surface area contributed by atoms with E-state index in [1.807, 2.05) is 0 Å². The van der Waals surface area contributed by atoms with Crippen molar-refractivity contribution in [3.8, 4) is 0 Å². The average molecular weight is 319 g/mol. The SMILES string of the molecule is CC1CCC(CO)(NS(=O)(=O)c2cc(F)cc(F)c2)CC1. The molecular formula is C14H19F2NO3S. The number of rotatable bonds is 4. The molecule has 1 aliphatic carbocycles. The molecule has 4 nitrogen and oxygen atoms in total. The lowest BCUT2D eigenvalue weighted by molar-refractivity contribution is 0.125. The molecular weight excluding hydrogens is 300 g/mol. The van der Waals surface area contributed by atoms with E-state index in [2.05, 4.69) is 11.6 Å². The molecule has 0 radical (unpaired) electrons. The minimum Gasteiger partial charge on any atom is -0.394 e. The summed E-state index contributed by atoms with van der Waals surface area (Å²) in [4.78, 5) is -0.466. The smallest absolute Gasteiger partial charge is 0.241 e. The molecule has 1 aromatic rings. The van der Waals surface area contributed by atoms with Crippen LogP contribution in [0.4, 0.5) is 8.78 Å². The molecule has 0 heterocycles. The number of aliphatic hydroxyl groups is 1. The largest absolute Gasteiger partial charge is 0.394 e. The second-order valence-corrected chi connectivity index (χ2v) is 7.51. The van der Waals surface area contributed by atoms with Gasteiger partial charge in [0.15, 0.2) is 0 Å². The first-order chi connectivity index (χ1) is 9.76. The highest BCUT2D eigenvalue weighted by atomic mass is 32.2. The molecule has 0 amide bonds. The Morgan fingerprint density at radius 3 is 2.24 bits per heavy atom. The summed E-state index contributed by atoms with van der Waals surface area (Å²) in [5, 5.41) is 9.57. The Morgan fingerprint density at radius 1 is 1.24 bits per heavy atom. The van der Waals surface area contributed by atoms with Gasteiger partial charge in [-0.15, -0.1) is 0 Å². The topological polar surface area (TPSA) is 66.4 Å². The predicted molar refractivity (Wildman–Crippen MR) is 74.1 cm³/mol. The Labute approximate surface area is 123 Å². The minimum absolute atomic E-state index is 0.337. The summed E-state index contributed by atoms with van der Waals surface area (Å²) in [5.41, 5.74) is -0.950. The molecule has 0 aliphatic heterocycles. The molecule has 0 unspecified atom stereocenters. The number of nitrogens with one attached hydrogen (secondary N) is 1. The fourth-order valence-electron chi connectivity index (χ4n) is 2.63. The van der Waals surface area contributed by atoms with Crippen LogP contribution >= 0.6 is 0 Å². The van der Waals surface area contributed by atoms with E-state index in [9.17, 15) is 22.3 Å². The average Bonchev–Trinajstić information content (AvgIpc) is 2.40. The quantitative estimate of drug-likeness (QED) is 0.894. The second kappa shape index (κ2) is 5.98. The van der Waals surface area contributed by atoms with E-state index in [0.29, 0.717) is 24.8 Å². The van der Waals surface area contributed by atoms with Crippen LogP contribution in [0, 0.1) is 17.6 Å². The Kier molecular flexibility index (Phi) is 4.65. The maximum absolute atomic E-state index is 13.2. The number of aliphatic hydroxyl groups excluding tert-OH is 1. The van der Waals surface area contributed by atoms with Crippen molar-refractivity contribution >= 4 is 10.0 Å². The number of benzene rings is 1. The van der Waals surface area contributed by atoms with Gasteiger partial charge in [0.25, 0.3) is 0 Å². The Bertz CT molecular complexity index is 590. The molecule has 0 aromatic heterocycles. The molecule has 0 spiro atoms. The third kappa shape index (κ3) is 3.78. The maximum atomic E-state index is 13.2. The van der Waals surface area contributed by atoms with E-state index in [1.54, 1.807) is 0 Å². The summed E-state index contributed by atoms with van der Waals surface area (Å²) in [6.07, 6.45) is 2.59. The van der Waals surface area contributed by atoms with Gasteiger partial charge in [0, 0.05) is 6.07 Å². The van der Waals surface area contributed by atoms with Crippen molar-refractivity contribution in [2.45, 2.75) is 43.0 Å². The van der Waals surface area contributed by atoms with Crippen molar-refractivity contribution in [2.24, 2.45) is 5.92 Å². The van der Waals surface area contributed by atoms with Crippen LogP contribution in [-0.2, 0) is 10.0 Å². The highest BCUT2D eigenvalue weighted by Gasteiger charge is 2.37. The van der Waals surface area contributed by atoms with Gasteiger partial charge in [0.2, 0.25) is 10.0 Å². The first kappa shape index (κ1) is 16.3. The lowest BCUT2D eigenvalue weighted by Gasteiger charge is -2.38. The van der Waals surface area contributed by atoms with Gasteiger partial charge in [0.1, 0.15) is 11.6 Å². The van der Waals surface area contributed by atoms with Crippen molar-refractivity contribution in [3.05, 3.63) is 29.8 Å². The van der Waals surface area contributed by atoms with Gasteiger partial charge in [-0.25, -0.2) is 21.9 Å². The first-order valence-corrected chi connectivity index (χ1v) is 8.36. The first-order valence-electron chi connectivity index (χ1n) is 6.87. The van der Waals surface area contributed by atoms with Crippen molar-refractivity contribution in [1.29, 1.82) is 0 Å². The molecule has 2 N–H and O–H groups in total. The molecule has 0 saturated heterocycles. The van der Waals surface area contributed by atoms with Crippen LogP contribution in [0.1, 0.15) is 32.6 Å². The van der Waals surface area contributed by atoms with Gasteiger partial charge in [0.05, 0.1) is 17.0 Å². The predicted octanol–water partition coefficient (Wildman–Crippen LogP) is 2.18. The van der Waals surface area contributed by atoms with Crippen LogP contribution in [0.2, 0.25) is 0 Å². The Hall–Kier alpha value is -1.05. The van der Waals surface area contributed by atoms with E-state index < -0.39 is 32.1 Å². The fraction of sp³-hybridized carbons (Fsp3) is 0.571. The third-order valence-corrected chi connectivity index (χ3v) is 5.59. The summed E-state index contributed by atoms with van der Waals surface area (Å²) < 4.78 is 53.4. The fourth-order valence-corrected chi connectivity index (χ4v) is 4.13. The lowest BCUT2D eigenvalue weighted by atomic mass is 9.78. The van der Waals surface area contributed by atoms with Gasteiger partial charge < -0.3 is 5.11 Å². The zero-order valence-corrected chi connectivity index (χ0v) is 12.6.